The summed E-state index contributed by atoms with van der Waals surface area (Å²) in [6.07, 6.45) is 0. The van der Waals surface area contributed by atoms with Crippen LogP contribution in [0.1, 0.15) is 0 Å². The molecule has 0 amide bonds. The van der Waals surface area contributed by atoms with Gasteiger partial charge in [-0.1, -0.05) is 0 Å². The van der Waals surface area contributed by atoms with E-state index in [9.17, 15) is 4.79 Å². The molecule has 0 bridgehead atoms. The Labute approximate surface area is 91.4 Å². The van der Waals surface area contributed by atoms with Crippen molar-refractivity contribution in [3.05, 3.63) is 25.3 Å². The van der Waals surface area contributed by atoms with Gasteiger partial charge in [0.2, 0.25) is 0 Å². The third kappa shape index (κ3) is 1.59. The standard InChI is InChI=1S/C8H7I2NO/c11-6-3-1-2-5-8(6)9-4-7(12)10-5/h1-3H,4,11H2/q-2. The summed E-state index contributed by atoms with van der Waals surface area (Å²) in [4.78, 5) is 11.2. The third-order valence-corrected chi connectivity index (χ3v) is 9.49. The van der Waals surface area contributed by atoms with Gasteiger partial charge in [-0.3, -0.25) is 0 Å². The summed E-state index contributed by atoms with van der Waals surface area (Å²) < 4.78 is 3.91. The van der Waals surface area contributed by atoms with Crippen LogP contribution >= 0.6 is 0 Å². The molecule has 0 aromatic heterocycles. The van der Waals surface area contributed by atoms with Gasteiger partial charge in [0.05, 0.1) is 0 Å². The van der Waals surface area contributed by atoms with E-state index in [1.165, 1.54) is 7.14 Å². The molecule has 1 aromatic rings. The van der Waals surface area contributed by atoms with Crippen LogP contribution in [0, 0.1) is 7.14 Å². The monoisotopic (exact) mass is 387 g/mol. The summed E-state index contributed by atoms with van der Waals surface area (Å²) in [5.41, 5.74) is 6.73. The molecule has 1 aliphatic heterocycles. The zero-order valence-electron chi connectivity index (χ0n) is 6.18. The normalized spacial score (nSPS) is 17.2. The van der Waals surface area contributed by atoms with Crippen LogP contribution in [0.3, 0.4) is 0 Å². The van der Waals surface area contributed by atoms with Gasteiger partial charge in [0.15, 0.2) is 0 Å². The molecule has 0 atom stereocenters. The van der Waals surface area contributed by atoms with Crippen LogP contribution in [0.25, 0.3) is 0 Å². The van der Waals surface area contributed by atoms with E-state index >= 15 is 0 Å². The number of carbonyl (C=O) groups excluding carboxylic acids is 1. The fourth-order valence-electron chi connectivity index (χ4n) is 0.993. The zero-order chi connectivity index (χ0) is 8.55. The number of benzene rings is 1. The summed E-state index contributed by atoms with van der Waals surface area (Å²) in [6, 6.07) is 5.96. The SMILES string of the molecule is Nc1cccc2c1[I-]CC(=O)[I-]2. The van der Waals surface area contributed by atoms with E-state index in [2.05, 4.69) is 6.07 Å². The first kappa shape index (κ1) is 8.74. The predicted molar refractivity (Wildman–Crippen MR) is 38.1 cm³/mol. The first-order valence-electron chi connectivity index (χ1n) is 3.42. The molecule has 0 aliphatic carbocycles. The number of nitrogens with two attached hydrogens (primary N) is 1. The Kier molecular flexibility index (Phi) is 2.54. The van der Waals surface area contributed by atoms with E-state index < -0.39 is 0 Å². The zero-order valence-corrected chi connectivity index (χ0v) is 10.5. The fourth-order valence-corrected chi connectivity index (χ4v) is 8.15. The van der Waals surface area contributed by atoms with E-state index in [4.69, 9.17) is 5.73 Å². The molecule has 0 fully saturated rings. The van der Waals surface area contributed by atoms with Crippen LogP contribution in [0.2, 0.25) is 0 Å². The molecule has 2 rings (SSSR count). The first-order valence-corrected chi connectivity index (χ1v) is 8.19. The minimum atomic E-state index is -0.376. The van der Waals surface area contributed by atoms with E-state index in [-0.39, 0.29) is 42.4 Å². The number of nitrogen functional groups attached to an aromatic ring is 1. The molecule has 1 heterocycles. The Bertz CT molecular complexity index is 338. The minimum absolute atomic E-state index is 0.114. The van der Waals surface area contributed by atoms with Crippen LogP contribution in [-0.4, -0.2) is 8.22 Å². The molecule has 2 N–H and O–H groups in total. The fraction of sp³-hybridized carbons (Fsp3) is 0.125. The summed E-state index contributed by atoms with van der Waals surface area (Å²) in [7, 11) is 0. The molecule has 1 aliphatic rings. The molecule has 66 valence electrons. The van der Waals surface area contributed by atoms with Gasteiger partial charge in [0.25, 0.3) is 0 Å². The molecule has 2 nitrogen and oxygen atoms in total. The van der Waals surface area contributed by atoms with Gasteiger partial charge in [-0.15, -0.1) is 0 Å². The quantitative estimate of drug-likeness (QED) is 0.209. The van der Waals surface area contributed by atoms with Gasteiger partial charge in [0, 0.05) is 0 Å². The molecule has 0 saturated carbocycles. The van der Waals surface area contributed by atoms with Gasteiger partial charge < -0.3 is 0 Å². The summed E-state index contributed by atoms with van der Waals surface area (Å²) in [5.74, 6) is 0. The Balaban J connectivity index is 2.48. The molecular weight excluding hydrogens is 380 g/mol. The number of hydrogen-bond acceptors (Lipinski definition) is 2. The molecule has 1 aromatic carbocycles. The molecule has 0 spiro atoms. The number of hydrogen-bond donors (Lipinski definition) is 1. The number of alkyl halides is 1. The first-order chi connectivity index (χ1) is 5.77. The second-order valence-corrected chi connectivity index (χ2v) is 7.87. The number of carbonyl (C=O) groups is 1. The van der Waals surface area contributed by atoms with Crippen molar-refractivity contribution >= 4 is 9.48 Å². The Hall–Kier alpha value is 0.150. The van der Waals surface area contributed by atoms with Crippen LogP contribution in [0.4, 0.5) is 5.69 Å². The molecule has 0 saturated heterocycles. The van der Waals surface area contributed by atoms with Crippen molar-refractivity contribution in [2.24, 2.45) is 0 Å². The number of rotatable bonds is 0. The predicted octanol–water partition coefficient (Wildman–Crippen LogP) is -5.67. The second-order valence-electron chi connectivity index (χ2n) is 2.36. The summed E-state index contributed by atoms with van der Waals surface area (Å²) in [6.45, 7) is 0. The van der Waals surface area contributed by atoms with Crippen molar-refractivity contribution in [3.63, 3.8) is 0 Å². The van der Waals surface area contributed by atoms with Crippen molar-refractivity contribution in [2.45, 2.75) is 0 Å². The van der Waals surface area contributed by atoms with Crippen molar-refractivity contribution in [2.75, 3.05) is 10.2 Å². The molecular formula is C8H7I2NO-2. The maximum absolute atomic E-state index is 11.2. The van der Waals surface area contributed by atoms with Crippen molar-refractivity contribution < 1.29 is 47.2 Å². The van der Waals surface area contributed by atoms with Crippen LogP contribution < -0.4 is 48.1 Å². The van der Waals surface area contributed by atoms with Crippen molar-refractivity contribution in [1.29, 1.82) is 0 Å². The number of halogens is 2. The average Bonchev–Trinajstić information content (AvgIpc) is 2.04. The van der Waals surface area contributed by atoms with Crippen LogP contribution in [0.5, 0.6) is 0 Å². The second kappa shape index (κ2) is 3.49. The summed E-state index contributed by atoms with van der Waals surface area (Å²) >= 11 is -0.490. The van der Waals surface area contributed by atoms with Gasteiger partial charge in [-0.25, -0.2) is 0 Å². The molecule has 4 heteroatoms. The van der Waals surface area contributed by atoms with Crippen LogP contribution in [-0.2, 0) is 4.79 Å². The number of fused-ring (bicyclic) bond motifs is 1. The molecule has 12 heavy (non-hydrogen) atoms. The topological polar surface area (TPSA) is 43.1 Å². The van der Waals surface area contributed by atoms with Crippen molar-refractivity contribution in [3.8, 4) is 0 Å². The Morgan fingerprint density at radius 1 is 1.42 bits per heavy atom. The maximum atomic E-state index is 11.2. The van der Waals surface area contributed by atoms with Crippen LogP contribution in [0.15, 0.2) is 18.2 Å². The Morgan fingerprint density at radius 3 is 3.08 bits per heavy atom. The molecule has 0 radical (unpaired) electrons. The van der Waals surface area contributed by atoms with Gasteiger partial charge in [-0.05, 0) is 0 Å². The molecule has 0 unspecified atom stereocenters. The van der Waals surface area contributed by atoms with E-state index in [1.807, 2.05) is 12.1 Å². The Morgan fingerprint density at radius 2 is 2.25 bits per heavy atom. The van der Waals surface area contributed by atoms with Gasteiger partial charge in [0.1, 0.15) is 0 Å². The van der Waals surface area contributed by atoms with Gasteiger partial charge in [-0.2, -0.15) is 0 Å². The summed E-state index contributed by atoms with van der Waals surface area (Å²) in [5, 5.41) is 0. The third-order valence-electron chi connectivity index (χ3n) is 1.49. The van der Waals surface area contributed by atoms with E-state index in [0.717, 1.165) is 10.1 Å². The average molecular weight is 387 g/mol. The van der Waals surface area contributed by atoms with Gasteiger partial charge >= 0.3 is 92.2 Å². The van der Waals surface area contributed by atoms with E-state index in [1.54, 1.807) is 0 Å². The number of anilines is 1. The van der Waals surface area contributed by atoms with E-state index in [0.29, 0.717) is 3.79 Å². The van der Waals surface area contributed by atoms with Crippen molar-refractivity contribution in [1.82, 2.24) is 0 Å².